The molecular formula is C15H16FN3O. The van der Waals surface area contributed by atoms with Crippen molar-refractivity contribution in [1.29, 1.82) is 0 Å². The lowest BCUT2D eigenvalue weighted by molar-refractivity contribution is 0.122. The molecule has 5 heteroatoms. The molecule has 1 aromatic carbocycles. The molecule has 0 bridgehead atoms. The first kappa shape index (κ1) is 12.9. The number of anilines is 3. The van der Waals surface area contributed by atoms with Crippen LogP contribution in [0, 0.1) is 5.95 Å². The largest absolute Gasteiger partial charge is 0.378 e. The van der Waals surface area contributed by atoms with Crippen LogP contribution in [-0.4, -0.2) is 31.3 Å². The van der Waals surface area contributed by atoms with E-state index in [0.717, 1.165) is 32.0 Å². The fraction of sp³-hybridized carbons (Fsp3) is 0.267. The van der Waals surface area contributed by atoms with Gasteiger partial charge in [-0.05, 0) is 30.3 Å². The van der Waals surface area contributed by atoms with E-state index in [1.165, 1.54) is 18.0 Å². The van der Waals surface area contributed by atoms with E-state index in [0.29, 0.717) is 5.69 Å². The number of ether oxygens (including phenoxy) is 1. The van der Waals surface area contributed by atoms with E-state index in [-0.39, 0.29) is 0 Å². The predicted molar refractivity (Wildman–Crippen MR) is 77.0 cm³/mol. The topological polar surface area (TPSA) is 37.4 Å². The molecule has 104 valence electrons. The van der Waals surface area contributed by atoms with Crippen molar-refractivity contribution in [2.75, 3.05) is 36.5 Å². The SMILES string of the molecule is Fc1cc(Nc2ccc(N3CCOCC3)cc2)ccn1. The van der Waals surface area contributed by atoms with Crippen LogP contribution >= 0.6 is 0 Å². The van der Waals surface area contributed by atoms with Crippen molar-refractivity contribution in [3.8, 4) is 0 Å². The highest BCUT2D eigenvalue weighted by Gasteiger charge is 2.10. The van der Waals surface area contributed by atoms with Gasteiger partial charge in [0.1, 0.15) is 0 Å². The van der Waals surface area contributed by atoms with Gasteiger partial charge in [-0.15, -0.1) is 0 Å². The van der Waals surface area contributed by atoms with Gasteiger partial charge in [0, 0.05) is 42.4 Å². The Morgan fingerprint density at radius 1 is 1.05 bits per heavy atom. The second-order valence-electron chi connectivity index (χ2n) is 4.64. The third-order valence-corrected chi connectivity index (χ3v) is 3.26. The number of aromatic nitrogens is 1. The Kier molecular flexibility index (Phi) is 3.78. The first-order valence-corrected chi connectivity index (χ1v) is 6.62. The summed E-state index contributed by atoms with van der Waals surface area (Å²) in [4.78, 5) is 5.82. The summed E-state index contributed by atoms with van der Waals surface area (Å²) < 4.78 is 18.3. The molecule has 0 radical (unpaired) electrons. The van der Waals surface area contributed by atoms with E-state index in [9.17, 15) is 4.39 Å². The monoisotopic (exact) mass is 273 g/mol. The van der Waals surface area contributed by atoms with Crippen LogP contribution in [0.3, 0.4) is 0 Å². The lowest BCUT2D eigenvalue weighted by atomic mass is 10.2. The van der Waals surface area contributed by atoms with Crippen molar-refractivity contribution in [2.24, 2.45) is 0 Å². The maximum absolute atomic E-state index is 13.0. The van der Waals surface area contributed by atoms with E-state index >= 15 is 0 Å². The number of nitrogens with zero attached hydrogens (tertiary/aromatic N) is 2. The Labute approximate surface area is 117 Å². The van der Waals surface area contributed by atoms with Gasteiger partial charge < -0.3 is 15.0 Å². The number of morpholine rings is 1. The Balaban J connectivity index is 1.69. The van der Waals surface area contributed by atoms with Crippen LogP contribution in [0.15, 0.2) is 42.6 Å². The van der Waals surface area contributed by atoms with Gasteiger partial charge >= 0.3 is 0 Å². The lowest BCUT2D eigenvalue weighted by Crippen LogP contribution is -2.36. The van der Waals surface area contributed by atoms with Crippen LogP contribution in [0.4, 0.5) is 21.5 Å². The Hall–Kier alpha value is -2.14. The van der Waals surface area contributed by atoms with Gasteiger partial charge in [-0.1, -0.05) is 0 Å². The average molecular weight is 273 g/mol. The highest BCUT2D eigenvalue weighted by molar-refractivity contribution is 5.62. The molecular weight excluding hydrogens is 257 g/mol. The lowest BCUT2D eigenvalue weighted by Gasteiger charge is -2.28. The summed E-state index contributed by atoms with van der Waals surface area (Å²) in [6, 6.07) is 11.2. The van der Waals surface area contributed by atoms with Crippen LogP contribution in [-0.2, 0) is 4.74 Å². The minimum Gasteiger partial charge on any atom is -0.378 e. The fourth-order valence-electron chi connectivity index (χ4n) is 2.22. The summed E-state index contributed by atoms with van der Waals surface area (Å²) in [5.74, 6) is -0.486. The number of hydrogen-bond donors (Lipinski definition) is 1. The summed E-state index contributed by atoms with van der Waals surface area (Å²) in [6.07, 6.45) is 1.44. The third kappa shape index (κ3) is 3.05. The van der Waals surface area contributed by atoms with E-state index in [1.807, 2.05) is 12.1 Å². The van der Waals surface area contributed by atoms with Crippen LogP contribution < -0.4 is 10.2 Å². The van der Waals surface area contributed by atoms with Crippen LogP contribution in [0.5, 0.6) is 0 Å². The average Bonchev–Trinajstić information content (AvgIpc) is 2.49. The van der Waals surface area contributed by atoms with Crippen molar-refractivity contribution in [1.82, 2.24) is 4.98 Å². The normalized spacial score (nSPS) is 15.2. The highest BCUT2D eigenvalue weighted by atomic mass is 19.1. The van der Waals surface area contributed by atoms with Gasteiger partial charge in [0.05, 0.1) is 13.2 Å². The summed E-state index contributed by atoms with van der Waals surface area (Å²) >= 11 is 0. The van der Waals surface area contributed by atoms with Crippen molar-refractivity contribution < 1.29 is 9.13 Å². The van der Waals surface area contributed by atoms with E-state index in [2.05, 4.69) is 27.3 Å². The molecule has 3 rings (SSSR count). The van der Waals surface area contributed by atoms with Gasteiger partial charge in [-0.3, -0.25) is 0 Å². The maximum atomic E-state index is 13.0. The first-order valence-electron chi connectivity index (χ1n) is 6.62. The molecule has 0 spiro atoms. The molecule has 20 heavy (non-hydrogen) atoms. The van der Waals surface area contributed by atoms with Crippen LogP contribution in [0.1, 0.15) is 0 Å². The van der Waals surface area contributed by atoms with Crippen molar-refractivity contribution in [3.63, 3.8) is 0 Å². The molecule has 1 aliphatic heterocycles. The molecule has 1 aromatic heterocycles. The number of benzene rings is 1. The summed E-state index contributed by atoms with van der Waals surface area (Å²) in [5.41, 5.74) is 2.80. The highest BCUT2D eigenvalue weighted by Crippen LogP contribution is 2.21. The number of halogens is 1. The van der Waals surface area contributed by atoms with Gasteiger partial charge in [0.2, 0.25) is 5.95 Å². The van der Waals surface area contributed by atoms with Gasteiger partial charge in [0.25, 0.3) is 0 Å². The number of pyridine rings is 1. The fourth-order valence-corrected chi connectivity index (χ4v) is 2.22. The molecule has 0 unspecified atom stereocenters. The van der Waals surface area contributed by atoms with Crippen LogP contribution in [0.25, 0.3) is 0 Å². The molecule has 1 aliphatic rings. The second-order valence-corrected chi connectivity index (χ2v) is 4.64. The third-order valence-electron chi connectivity index (χ3n) is 3.26. The van der Waals surface area contributed by atoms with E-state index in [4.69, 9.17) is 4.74 Å². The van der Waals surface area contributed by atoms with E-state index < -0.39 is 5.95 Å². The van der Waals surface area contributed by atoms with Gasteiger partial charge in [0.15, 0.2) is 0 Å². The maximum Gasteiger partial charge on any atom is 0.214 e. The summed E-state index contributed by atoms with van der Waals surface area (Å²) in [5, 5.41) is 3.15. The molecule has 2 heterocycles. The van der Waals surface area contributed by atoms with Crippen LogP contribution in [0.2, 0.25) is 0 Å². The summed E-state index contributed by atoms with van der Waals surface area (Å²) in [7, 11) is 0. The Morgan fingerprint density at radius 3 is 2.50 bits per heavy atom. The van der Waals surface area contributed by atoms with Crippen molar-refractivity contribution in [2.45, 2.75) is 0 Å². The zero-order valence-electron chi connectivity index (χ0n) is 11.1. The van der Waals surface area contributed by atoms with Gasteiger partial charge in [-0.25, -0.2) is 4.98 Å². The zero-order chi connectivity index (χ0) is 13.8. The molecule has 0 amide bonds. The molecule has 0 atom stereocenters. The molecule has 4 nitrogen and oxygen atoms in total. The van der Waals surface area contributed by atoms with Gasteiger partial charge in [-0.2, -0.15) is 4.39 Å². The van der Waals surface area contributed by atoms with Crippen molar-refractivity contribution >= 4 is 17.1 Å². The molecule has 1 fully saturated rings. The first-order chi connectivity index (χ1) is 9.81. The minimum atomic E-state index is -0.486. The molecule has 0 aliphatic carbocycles. The Morgan fingerprint density at radius 2 is 1.80 bits per heavy atom. The van der Waals surface area contributed by atoms with Crippen molar-refractivity contribution in [3.05, 3.63) is 48.5 Å². The second kappa shape index (κ2) is 5.88. The molecule has 0 saturated carbocycles. The van der Waals surface area contributed by atoms with E-state index in [1.54, 1.807) is 6.07 Å². The molecule has 1 N–H and O–H groups in total. The summed E-state index contributed by atoms with van der Waals surface area (Å²) in [6.45, 7) is 3.39. The number of hydrogen-bond acceptors (Lipinski definition) is 4. The minimum absolute atomic E-state index is 0.486. The zero-order valence-corrected chi connectivity index (χ0v) is 11.1. The predicted octanol–water partition coefficient (Wildman–Crippen LogP) is 2.80. The number of rotatable bonds is 3. The quantitative estimate of drug-likeness (QED) is 0.873. The molecule has 1 saturated heterocycles. The molecule has 2 aromatic rings. The number of nitrogens with one attached hydrogen (secondary N) is 1. The standard InChI is InChI=1S/C15H16FN3O/c16-15-11-13(5-6-17-15)18-12-1-3-14(4-2-12)19-7-9-20-10-8-19/h1-6,11H,7-10H2,(H,17,18). The Bertz CT molecular complexity index is 568. The smallest absolute Gasteiger partial charge is 0.214 e.